The lowest BCUT2D eigenvalue weighted by Gasteiger charge is -2.27. The normalized spacial score (nSPS) is 21.7. The summed E-state index contributed by atoms with van der Waals surface area (Å²) in [5.74, 6) is 2.93. The minimum Gasteiger partial charge on any atom is -0.493 e. The molecule has 2 aliphatic rings. The number of ether oxygens (including phenoxy) is 3. The number of rotatable bonds is 2. The Bertz CT molecular complexity index is 445. The van der Waals surface area contributed by atoms with Crippen LogP contribution < -0.4 is 19.5 Å². The van der Waals surface area contributed by atoms with E-state index in [2.05, 4.69) is 10.3 Å². The minimum atomic E-state index is -0.165. The number of amidine groups is 1. The summed E-state index contributed by atoms with van der Waals surface area (Å²) in [4.78, 5) is 4.35. The molecule has 3 rings (SSSR count). The molecule has 0 saturated carbocycles. The summed E-state index contributed by atoms with van der Waals surface area (Å²) in [5.41, 5.74) is 0. The zero-order chi connectivity index (χ0) is 11.7. The number of benzene rings is 1. The van der Waals surface area contributed by atoms with Crippen molar-refractivity contribution >= 4 is 5.84 Å². The first-order valence-corrected chi connectivity index (χ1v) is 5.63. The van der Waals surface area contributed by atoms with Crippen molar-refractivity contribution in [3.8, 4) is 17.2 Å². The number of fused-ring (bicyclic) bond motifs is 1. The quantitative estimate of drug-likeness (QED) is 0.823. The van der Waals surface area contributed by atoms with Gasteiger partial charge in [-0.05, 0) is 12.1 Å². The van der Waals surface area contributed by atoms with E-state index in [-0.39, 0.29) is 6.10 Å². The van der Waals surface area contributed by atoms with E-state index in [0.29, 0.717) is 18.1 Å². The van der Waals surface area contributed by atoms with E-state index in [0.717, 1.165) is 24.7 Å². The molecular weight excluding hydrogens is 220 g/mol. The van der Waals surface area contributed by atoms with Crippen LogP contribution in [0, 0.1) is 0 Å². The minimum absolute atomic E-state index is 0.165. The first kappa shape index (κ1) is 10.3. The summed E-state index contributed by atoms with van der Waals surface area (Å²) in [7, 11) is 1.62. The number of hydrogen-bond acceptors (Lipinski definition) is 5. The summed E-state index contributed by atoms with van der Waals surface area (Å²) in [5, 5.41) is 3.20. The Labute approximate surface area is 99.4 Å². The molecule has 1 aromatic rings. The number of para-hydroxylation sites is 1. The number of methoxy groups -OCH3 is 1. The molecule has 17 heavy (non-hydrogen) atoms. The van der Waals surface area contributed by atoms with Crippen molar-refractivity contribution < 1.29 is 14.2 Å². The largest absolute Gasteiger partial charge is 0.493 e. The molecule has 0 fully saturated rings. The fourth-order valence-corrected chi connectivity index (χ4v) is 1.99. The number of aliphatic imine (C=N–C) groups is 1. The molecule has 0 spiro atoms. The van der Waals surface area contributed by atoms with E-state index in [9.17, 15) is 0 Å². The zero-order valence-electron chi connectivity index (χ0n) is 9.60. The predicted molar refractivity (Wildman–Crippen MR) is 63.2 cm³/mol. The Morgan fingerprint density at radius 2 is 2.41 bits per heavy atom. The fourth-order valence-electron chi connectivity index (χ4n) is 1.99. The molecule has 1 atom stereocenters. The highest BCUT2D eigenvalue weighted by Crippen LogP contribution is 2.40. The second-order valence-corrected chi connectivity index (χ2v) is 3.90. The van der Waals surface area contributed by atoms with Gasteiger partial charge in [0.15, 0.2) is 17.6 Å². The summed E-state index contributed by atoms with van der Waals surface area (Å²) in [6, 6.07) is 5.61. The van der Waals surface area contributed by atoms with Crippen molar-refractivity contribution in [3.63, 3.8) is 0 Å². The van der Waals surface area contributed by atoms with Crippen LogP contribution in [0.3, 0.4) is 0 Å². The molecule has 0 radical (unpaired) electrons. The van der Waals surface area contributed by atoms with Crippen LogP contribution in [0.15, 0.2) is 23.2 Å². The maximum absolute atomic E-state index is 5.89. The monoisotopic (exact) mass is 234 g/mol. The molecule has 1 aromatic carbocycles. The first-order chi connectivity index (χ1) is 8.38. The van der Waals surface area contributed by atoms with Crippen LogP contribution in [0.2, 0.25) is 0 Å². The van der Waals surface area contributed by atoms with Crippen LogP contribution in [0.4, 0.5) is 0 Å². The van der Waals surface area contributed by atoms with E-state index in [1.807, 2.05) is 18.2 Å². The van der Waals surface area contributed by atoms with Crippen molar-refractivity contribution in [2.24, 2.45) is 4.99 Å². The van der Waals surface area contributed by atoms with Crippen LogP contribution in [0.5, 0.6) is 17.2 Å². The Balaban J connectivity index is 1.88. The van der Waals surface area contributed by atoms with Crippen molar-refractivity contribution in [3.05, 3.63) is 18.2 Å². The van der Waals surface area contributed by atoms with Crippen LogP contribution in [0.25, 0.3) is 0 Å². The average molecular weight is 234 g/mol. The lowest BCUT2D eigenvalue weighted by atomic mass is 10.2. The van der Waals surface area contributed by atoms with E-state index >= 15 is 0 Å². The van der Waals surface area contributed by atoms with Gasteiger partial charge in [0.05, 0.1) is 13.7 Å². The smallest absolute Gasteiger partial charge is 0.204 e. The third-order valence-corrected chi connectivity index (χ3v) is 2.82. The third-order valence-electron chi connectivity index (χ3n) is 2.82. The standard InChI is InChI=1S/C12H14N2O3/c1-15-8-3-2-4-9-11(8)17-10(7-16-9)12-13-5-6-14-12/h2-4,10H,5-7H2,1H3,(H,13,14). The maximum Gasteiger partial charge on any atom is 0.204 e. The van der Waals surface area contributed by atoms with Crippen molar-refractivity contribution in [2.75, 3.05) is 26.8 Å². The van der Waals surface area contributed by atoms with Gasteiger partial charge in [-0.15, -0.1) is 0 Å². The van der Waals surface area contributed by atoms with Crippen LogP contribution >= 0.6 is 0 Å². The highest BCUT2D eigenvalue weighted by atomic mass is 16.6. The van der Waals surface area contributed by atoms with E-state index in [1.54, 1.807) is 7.11 Å². The van der Waals surface area contributed by atoms with Crippen LogP contribution in [0.1, 0.15) is 0 Å². The lowest BCUT2D eigenvalue weighted by molar-refractivity contribution is 0.128. The topological polar surface area (TPSA) is 52.1 Å². The summed E-state index contributed by atoms with van der Waals surface area (Å²) in [6.45, 7) is 2.15. The molecular formula is C12H14N2O3. The molecule has 0 saturated heterocycles. The predicted octanol–water partition coefficient (Wildman–Crippen LogP) is 0.837. The molecule has 2 heterocycles. The second kappa shape index (κ2) is 4.16. The highest BCUT2D eigenvalue weighted by Gasteiger charge is 2.29. The Morgan fingerprint density at radius 1 is 1.47 bits per heavy atom. The highest BCUT2D eigenvalue weighted by molar-refractivity contribution is 5.88. The van der Waals surface area contributed by atoms with Gasteiger partial charge in [0.2, 0.25) is 5.75 Å². The molecule has 1 N–H and O–H groups in total. The summed E-state index contributed by atoms with van der Waals surface area (Å²) >= 11 is 0. The second-order valence-electron chi connectivity index (χ2n) is 3.90. The van der Waals surface area contributed by atoms with Gasteiger partial charge in [-0.2, -0.15) is 0 Å². The molecule has 0 aromatic heterocycles. The fraction of sp³-hybridized carbons (Fsp3) is 0.417. The van der Waals surface area contributed by atoms with Gasteiger partial charge < -0.3 is 19.5 Å². The van der Waals surface area contributed by atoms with Gasteiger partial charge >= 0.3 is 0 Å². The molecule has 2 aliphatic heterocycles. The number of hydrogen-bond donors (Lipinski definition) is 1. The SMILES string of the molecule is COc1cccc2c1OC(C1=NCCN1)CO2. The third kappa shape index (κ3) is 1.77. The molecule has 0 bridgehead atoms. The molecule has 1 unspecified atom stereocenters. The lowest BCUT2D eigenvalue weighted by Crippen LogP contribution is -2.42. The van der Waals surface area contributed by atoms with Crippen molar-refractivity contribution in [2.45, 2.75) is 6.10 Å². The van der Waals surface area contributed by atoms with Crippen molar-refractivity contribution in [1.82, 2.24) is 5.32 Å². The average Bonchev–Trinajstić information content (AvgIpc) is 2.91. The Kier molecular flexibility index (Phi) is 2.51. The molecule has 5 nitrogen and oxygen atoms in total. The van der Waals surface area contributed by atoms with E-state index < -0.39 is 0 Å². The zero-order valence-corrected chi connectivity index (χ0v) is 9.60. The molecule has 5 heteroatoms. The molecule has 0 amide bonds. The Morgan fingerprint density at radius 3 is 3.18 bits per heavy atom. The van der Waals surface area contributed by atoms with Gasteiger partial charge in [-0.1, -0.05) is 6.07 Å². The van der Waals surface area contributed by atoms with Gasteiger partial charge in [0, 0.05) is 6.54 Å². The number of nitrogens with one attached hydrogen (secondary N) is 1. The van der Waals surface area contributed by atoms with Crippen molar-refractivity contribution in [1.29, 1.82) is 0 Å². The van der Waals surface area contributed by atoms with Crippen LogP contribution in [-0.2, 0) is 0 Å². The van der Waals surface area contributed by atoms with E-state index in [1.165, 1.54) is 0 Å². The molecule has 0 aliphatic carbocycles. The van der Waals surface area contributed by atoms with E-state index in [4.69, 9.17) is 14.2 Å². The Hall–Kier alpha value is -1.91. The maximum atomic E-state index is 5.89. The number of nitrogens with zero attached hydrogens (tertiary/aromatic N) is 1. The van der Waals surface area contributed by atoms with Gasteiger partial charge in [0.1, 0.15) is 12.4 Å². The summed E-state index contributed by atoms with van der Waals surface area (Å²) < 4.78 is 16.8. The van der Waals surface area contributed by atoms with Gasteiger partial charge in [-0.3, -0.25) is 4.99 Å². The first-order valence-electron chi connectivity index (χ1n) is 5.63. The van der Waals surface area contributed by atoms with Gasteiger partial charge in [0.25, 0.3) is 0 Å². The summed E-state index contributed by atoms with van der Waals surface area (Å²) in [6.07, 6.45) is -0.165. The molecule has 90 valence electrons. The van der Waals surface area contributed by atoms with Crippen LogP contribution in [-0.4, -0.2) is 38.7 Å². The van der Waals surface area contributed by atoms with Gasteiger partial charge in [-0.25, -0.2) is 0 Å².